The Labute approximate surface area is 89.8 Å². The van der Waals surface area contributed by atoms with Crippen molar-refractivity contribution >= 4 is 19.9 Å². The molecule has 1 saturated heterocycles. The molecule has 1 rings (SSSR count). The van der Waals surface area contributed by atoms with E-state index in [1.165, 1.54) is 0 Å². The fourth-order valence-electron chi connectivity index (χ4n) is 1.51. The molecule has 2 N–H and O–H groups in total. The van der Waals surface area contributed by atoms with Crippen molar-refractivity contribution < 1.29 is 21.6 Å². The summed E-state index contributed by atoms with van der Waals surface area (Å²) in [5, 5.41) is 3.84. The highest BCUT2D eigenvalue weighted by atomic mass is 32.2. The first-order valence-corrected chi connectivity index (χ1v) is 8.03. The smallest absolute Gasteiger partial charge is 0.215 e. The van der Waals surface area contributed by atoms with Gasteiger partial charge in [0.25, 0.3) is 0 Å². The molecule has 2 unspecified atom stereocenters. The van der Waals surface area contributed by atoms with E-state index in [1.807, 2.05) is 6.92 Å². The lowest BCUT2D eigenvalue weighted by Crippen LogP contribution is -2.39. The monoisotopic (exact) mass is 257 g/mol. The van der Waals surface area contributed by atoms with Crippen LogP contribution < -0.4 is 5.14 Å². The molecule has 0 spiro atoms. The summed E-state index contributed by atoms with van der Waals surface area (Å²) in [7, 11) is -7.20. The molecule has 8 heteroatoms. The van der Waals surface area contributed by atoms with Crippen LogP contribution in [0.1, 0.15) is 13.3 Å². The zero-order valence-electron chi connectivity index (χ0n) is 8.42. The fourth-order valence-corrected chi connectivity index (χ4v) is 5.30. The molecule has 2 atom stereocenters. The summed E-state index contributed by atoms with van der Waals surface area (Å²) in [6.07, 6.45) is -0.113. The highest BCUT2D eigenvalue weighted by molar-refractivity contribution is 7.95. The Balaban J connectivity index is 2.85. The molecule has 0 aromatic carbocycles. The molecule has 0 radical (unpaired) electrons. The normalized spacial score (nSPS) is 30.5. The summed E-state index contributed by atoms with van der Waals surface area (Å²) in [6.45, 7) is 2.20. The molecule has 0 amide bonds. The molecule has 0 saturated carbocycles. The summed E-state index contributed by atoms with van der Waals surface area (Å²) in [5.74, 6) is -0.686. The van der Waals surface area contributed by atoms with Crippen LogP contribution in [0.15, 0.2) is 0 Å². The Morgan fingerprint density at radius 1 is 1.40 bits per heavy atom. The van der Waals surface area contributed by atoms with Gasteiger partial charge < -0.3 is 4.74 Å². The SMILES string of the molecule is CCCOC1CS(=O)(=O)CC1S(N)(=O)=O. The van der Waals surface area contributed by atoms with Crippen molar-refractivity contribution in [1.29, 1.82) is 0 Å². The van der Waals surface area contributed by atoms with Gasteiger partial charge in [0.1, 0.15) is 5.25 Å². The van der Waals surface area contributed by atoms with Gasteiger partial charge in [-0.05, 0) is 6.42 Å². The Kier molecular flexibility index (Phi) is 3.75. The number of hydrogen-bond acceptors (Lipinski definition) is 5. The minimum atomic E-state index is -3.86. The second-order valence-corrected chi connectivity index (χ2v) is 7.55. The Hall–Kier alpha value is -0.180. The highest BCUT2D eigenvalue weighted by Crippen LogP contribution is 2.20. The predicted octanol–water partition coefficient (Wildman–Crippen LogP) is -1.13. The zero-order chi connectivity index (χ0) is 11.7. The standard InChI is InChI=1S/C7H15NO5S2/c1-2-3-13-6-4-14(9,10)5-7(6)15(8,11)12/h6-7H,2-5H2,1H3,(H2,8,11,12). The average Bonchev–Trinajstić information content (AvgIpc) is 2.37. The summed E-state index contributed by atoms with van der Waals surface area (Å²) in [6, 6.07) is 0. The first kappa shape index (κ1) is 12.9. The molecule has 0 bridgehead atoms. The molecule has 15 heavy (non-hydrogen) atoms. The van der Waals surface area contributed by atoms with E-state index in [2.05, 4.69) is 0 Å². The lowest BCUT2D eigenvalue weighted by Gasteiger charge is -2.15. The minimum Gasteiger partial charge on any atom is -0.376 e. The van der Waals surface area contributed by atoms with Crippen LogP contribution in [0.5, 0.6) is 0 Å². The quantitative estimate of drug-likeness (QED) is 0.686. The second-order valence-electron chi connectivity index (χ2n) is 3.61. The van der Waals surface area contributed by atoms with Gasteiger partial charge in [0.2, 0.25) is 10.0 Å². The van der Waals surface area contributed by atoms with Crippen LogP contribution in [0, 0.1) is 0 Å². The topological polar surface area (TPSA) is 104 Å². The molecular weight excluding hydrogens is 242 g/mol. The van der Waals surface area contributed by atoms with Crippen LogP contribution >= 0.6 is 0 Å². The molecular formula is C7H15NO5S2. The van der Waals surface area contributed by atoms with E-state index in [-0.39, 0.29) is 5.75 Å². The number of hydrogen-bond donors (Lipinski definition) is 1. The maximum Gasteiger partial charge on any atom is 0.215 e. The van der Waals surface area contributed by atoms with Gasteiger partial charge in [0.15, 0.2) is 9.84 Å². The molecule has 0 aromatic rings. The maximum atomic E-state index is 11.3. The Morgan fingerprint density at radius 3 is 2.47 bits per heavy atom. The highest BCUT2D eigenvalue weighted by Gasteiger charge is 2.44. The van der Waals surface area contributed by atoms with Gasteiger partial charge in [0, 0.05) is 6.61 Å². The first-order valence-electron chi connectivity index (χ1n) is 4.60. The summed E-state index contributed by atoms with van der Waals surface area (Å²) in [4.78, 5) is 0. The predicted molar refractivity (Wildman–Crippen MR) is 55.6 cm³/mol. The van der Waals surface area contributed by atoms with E-state index in [4.69, 9.17) is 9.88 Å². The van der Waals surface area contributed by atoms with E-state index < -0.39 is 37.0 Å². The summed E-state index contributed by atoms with van der Waals surface area (Å²) < 4.78 is 50.0. The molecule has 6 nitrogen and oxygen atoms in total. The lowest BCUT2D eigenvalue weighted by molar-refractivity contribution is 0.0733. The Bertz CT molecular complexity index is 413. The third kappa shape index (κ3) is 3.40. The average molecular weight is 257 g/mol. The van der Waals surface area contributed by atoms with Gasteiger partial charge in [0.05, 0.1) is 17.6 Å². The number of rotatable bonds is 4. The van der Waals surface area contributed by atoms with Crippen molar-refractivity contribution in [3.05, 3.63) is 0 Å². The van der Waals surface area contributed by atoms with E-state index >= 15 is 0 Å². The van der Waals surface area contributed by atoms with E-state index in [0.29, 0.717) is 13.0 Å². The summed E-state index contributed by atoms with van der Waals surface area (Å²) in [5.41, 5.74) is 0. The van der Waals surface area contributed by atoms with Gasteiger partial charge in [-0.1, -0.05) is 6.92 Å². The van der Waals surface area contributed by atoms with Crippen molar-refractivity contribution in [3.8, 4) is 0 Å². The molecule has 1 aliphatic rings. The minimum absolute atomic E-state index is 0.256. The lowest BCUT2D eigenvalue weighted by atomic mass is 10.3. The van der Waals surface area contributed by atoms with Crippen LogP contribution in [-0.4, -0.2) is 46.3 Å². The van der Waals surface area contributed by atoms with Gasteiger partial charge in [-0.15, -0.1) is 0 Å². The van der Waals surface area contributed by atoms with Gasteiger partial charge >= 0.3 is 0 Å². The van der Waals surface area contributed by atoms with Crippen molar-refractivity contribution in [3.63, 3.8) is 0 Å². The number of sulfonamides is 1. The molecule has 1 aliphatic heterocycles. The van der Waals surface area contributed by atoms with Crippen LogP contribution in [0.2, 0.25) is 0 Å². The molecule has 1 heterocycles. The number of sulfone groups is 1. The second kappa shape index (κ2) is 4.36. The van der Waals surface area contributed by atoms with Crippen molar-refractivity contribution in [2.24, 2.45) is 5.14 Å². The molecule has 90 valence electrons. The zero-order valence-corrected chi connectivity index (χ0v) is 10.1. The van der Waals surface area contributed by atoms with Crippen molar-refractivity contribution in [1.82, 2.24) is 0 Å². The van der Waals surface area contributed by atoms with Crippen LogP contribution in [0.3, 0.4) is 0 Å². The van der Waals surface area contributed by atoms with Gasteiger partial charge in [-0.2, -0.15) is 0 Å². The molecule has 0 aliphatic carbocycles. The largest absolute Gasteiger partial charge is 0.376 e. The molecule has 1 fully saturated rings. The number of primary sulfonamides is 1. The summed E-state index contributed by atoms with van der Waals surface area (Å²) >= 11 is 0. The van der Waals surface area contributed by atoms with Crippen LogP contribution in [-0.2, 0) is 24.6 Å². The van der Waals surface area contributed by atoms with E-state index in [9.17, 15) is 16.8 Å². The van der Waals surface area contributed by atoms with Crippen LogP contribution in [0.4, 0.5) is 0 Å². The van der Waals surface area contributed by atoms with Crippen molar-refractivity contribution in [2.45, 2.75) is 24.7 Å². The third-order valence-corrected chi connectivity index (χ3v) is 5.44. The van der Waals surface area contributed by atoms with Gasteiger partial charge in [-0.3, -0.25) is 0 Å². The van der Waals surface area contributed by atoms with E-state index in [0.717, 1.165) is 0 Å². The number of nitrogens with two attached hydrogens (primary N) is 1. The van der Waals surface area contributed by atoms with Crippen molar-refractivity contribution in [2.75, 3.05) is 18.1 Å². The van der Waals surface area contributed by atoms with Gasteiger partial charge in [-0.25, -0.2) is 22.0 Å². The third-order valence-electron chi connectivity index (χ3n) is 2.21. The van der Waals surface area contributed by atoms with Crippen LogP contribution in [0.25, 0.3) is 0 Å². The number of ether oxygens (including phenoxy) is 1. The van der Waals surface area contributed by atoms with E-state index in [1.54, 1.807) is 0 Å². The first-order chi connectivity index (χ1) is 6.76. The Morgan fingerprint density at radius 2 is 2.00 bits per heavy atom. The maximum absolute atomic E-state index is 11.3. The fraction of sp³-hybridized carbons (Fsp3) is 1.00. The molecule has 0 aromatic heterocycles.